The molecule has 98 valence electrons. The zero-order valence-electron chi connectivity index (χ0n) is 11.3. The Morgan fingerprint density at radius 2 is 2.11 bits per heavy atom. The van der Waals surface area contributed by atoms with Gasteiger partial charge in [0.2, 0.25) is 0 Å². The highest BCUT2D eigenvalue weighted by molar-refractivity contribution is 9.10. The second kappa shape index (κ2) is 5.96. The third-order valence-corrected chi connectivity index (χ3v) is 4.13. The number of halogens is 1. The molecule has 0 bridgehead atoms. The maximum Gasteiger partial charge on any atom is 0.0959 e. The lowest BCUT2D eigenvalue weighted by Crippen LogP contribution is -2.04. The van der Waals surface area contributed by atoms with E-state index in [9.17, 15) is 0 Å². The molecule has 1 aliphatic rings. The molecule has 0 saturated heterocycles. The normalized spacial score (nSPS) is 18.9. The molecule has 1 aromatic rings. The van der Waals surface area contributed by atoms with Crippen molar-refractivity contribution in [3.8, 4) is 0 Å². The number of rotatable bonds is 2. The lowest BCUT2D eigenvalue weighted by Gasteiger charge is -2.23. The third kappa shape index (κ3) is 2.94. The van der Waals surface area contributed by atoms with Crippen LogP contribution in [-0.2, 0) is 0 Å². The number of isothiocyanates is 1. The number of nitrogens with zero attached hydrogens (tertiary/aromatic N) is 1. The molecule has 0 aliphatic heterocycles. The predicted octanol–water partition coefficient (Wildman–Crippen LogP) is 5.94. The largest absolute Gasteiger partial charge is 0.193 e. The quantitative estimate of drug-likeness (QED) is 0.481. The van der Waals surface area contributed by atoms with E-state index in [4.69, 9.17) is 12.2 Å². The number of allylic oxidation sites excluding steroid dienone is 4. The van der Waals surface area contributed by atoms with Crippen molar-refractivity contribution >= 4 is 44.6 Å². The first-order valence-corrected chi connectivity index (χ1v) is 7.50. The number of aliphatic imine (C=N–C) groups is 1. The molecule has 1 atom stereocenters. The number of para-hydroxylation sites is 1. The minimum Gasteiger partial charge on any atom is -0.193 e. The Labute approximate surface area is 128 Å². The summed E-state index contributed by atoms with van der Waals surface area (Å²) in [6.45, 7) is 6.62. The van der Waals surface area contributed by atoms with Gasteiger partial charge in [0.1, 0.15) is 0 Å². The standard InChI is InChI=1S/C16H16BrNS/c1-10-7-11(2)15(12(3)8-10)13-5-4-6-14(17)16(13)18-9-19/h4-7,10H,8H2,1-3H3. The van der Waals surface area contributed by atoms with Gasteiger partial charge in [0, 0.05) is 10.0 Å². The highest BCUT2D eigenvalue weighted by Gasteiger charge is 2.19. The van der Waals surface area contributed by atoms with Crippen molar-refractivity contribution in [3.63, 3.8) is 0 Å². The molecule has 0 heterocycles. The first kappa shape index (κ1) is 14.4. The molecule has 19 heavy (non-hydrogen) atoms. The molecule has 3 heteroatoms. The molecule has 0 N–H and O–H groups in total. The Bertz CT molecular complexity index is 622. The van der Waals surface area contributed by atoms with Gasteiger partial charge in [-0.3, -0.25) is 0 Å². The third-order valence-electron chi connectivity index (χ3n) is 3.40. The fourth-order valence-electron chi connectivity index (χ4n) is 2.81. The number of thiocarbonyl (C=S) groups is 1. The van der Waals surface area contributed by atoms with Crippen LogP contribution in [0.15, 0.2) is 44.9 Å². The van der Waals surface area contributed by atoms with Crippen LogP contribution in [0.2, 0.25) is 0 Å². The Kier molecular flexibility index (Phi) is 4.51. The molecule has 0 saturated carbocycles. The Morgan fingerprint density at radius 3 is 2.74 bits per heavy atom. The zero-order valence-corrected chi connectivity index (χ0v) is 13.7. The van der Waals surface area contributed by atoms with Gasteiger partial charge in [0.15, 0.2) is 0 Å². The molecule has 1 aliphatic carbocycles. The summed E-state index contributed by atoms with van der Waals surface area (Å²) < 4.78 is 0.953. The van der Waals surface area contributed by atoms with Crippen LogP contribution in [0, 0.1) is 5.92 Å². The Hall–Kier alpha value is -1.02. The van der Waals surface area contributed by atoms with Crippen LogP contribution < -0.4 is 0 Å². The summed E-state index contributed by atoms with van der Waals surface area (Å²) in [4.78, 5) is 4.23. The number of hydrogen-bond donors (Lipinski definition) is 0. The topological polar surface area (TPSA) is 12.4 Å². The molecule has 2 rings (SSSR count). The lowest BCUT2D eigenvalue weighted by atomic mass is 9.83. The average molecular weight is 334 g/mol. The van der Waals surface area contributed by atoms with Crippen LogP contribution in [0.4, 0.5) is 5.69 Å². The summed E-state index contributed by atoms with van der Waals surface area (Å²) in [7, 11) is 0. The van der Waals surface area contributed by atoms with Gasteiger partial charge in [-0.15, -0.1) is 0 Å². The SMILES string of the molecule is CC1=CC(C)CC(C)=C1c1cccc(Br)c1N=C=S. The fourth-order valence-corrected chi connectivity index (χ4v) is 3.36. The van der Waals surface area contributed by atoms with E-state index in [0.29, 0.717) is 5.92 Å². The van der Waals surface area contributed by atoms with Crippen LogP contribution in [0.25, 0.3) is 5.57 Å². The molecule has 0 fully saturated rings. The average Bonchev–Trinajstić information content (AvgIpc) is 2.32. The van der Waals surface area contributed by atoms with E-state index in [1.165, 1.54) is 16.7 Å². The van der Waals surface area contributed by atoms with Crippen LogP contribution in [0.3, 0.4) is 0 Å². The molecule has 1 aromatic carbocycles. The first-order valence-electron chi connectivity index (χ1n) is 6.30. The van der Waals surface area contributed by atoms with E-state index >= 15 is 0 Å². The van der Waals surface area contributed by atoms with Gasteiger partial charge in [0.25, 0.3) is 0 Å². The van der Waals surface area contributed by atoms with Crippen LogP contribution in [0.5, 0.6) is 0 Å². The number of benzene rings is 1. The van der Waals surface area contributed by atoms with Crippen LogP contribution in [0.1, 0.15) is 32.8 Å². The Balaban J connectivity index is 2.66. The van der Waals surface area contributed by atoms with Crippen molar-refractivity contribution in [3.05, 3.63) is 45.5 Å². The highest BCUT2D eigenvalue weighted by Crippen LogP contribution is 2.41. The molecule has 0 spiro atoms. The molecule has 0 aromatic heterocycles. The van der Waals surface area contributed by atoms with Crippen LogP contribution >= 0.6 is 28.1 Å². The van der Waals surface area contributed by atoms with Gasteiger partial charge in [-0.25, -0.2) is 0 Å². The van der Waals surface area contributed by atoms with Gasteiger partial charge in [-0.2, -0.15) is 4.99 Å². The van der Waals surface area contributed by atoms with E-state index in [1.54, 1.807) is 0 Å². The van der Waals surface area contributed by atoms with Crippen molar-refractivity contribution in [1.29, 1.82) is 0 Å². The summed E-state index contributed by atoms with van der Waals surface area (Å²) in [6, 6.07) is 6.12. The van der Waals surface area contributed by atoms with E-state index in [2.05, 4.69) is 59.0 Å². The summed E-state index contributed by atoms with van der Waals surface area (Å²) in [5.74, 6) is 0.605. The molecular weight excluding hydrogens is 318 g/mol. The lowest BCUT2D eigenvalue weighted by molar-refractivity contribution is 0.704. The van der Waals surface area contributed by atoms with Crippen molar-refractivity contribution in [2.24, 2.45) is 10.9 Å². The van der Waals surface area contributed by atoms with Gasteiger partial charge in [0.05, 0.1) is 10.8 Å². The van der Waals surface area contributed by atoms with E-state index in [-0.39, 0.29) is 0 Å². The van der Waals surface area contributed by atoms with Gasteiger partial charge in [-0.05, 0) is 71.5 Å². The second-order valence-corrected chi connectivity index (χ2v) is 6.06. The summed E-state index contributed by atoms with van der Waals surface area (Å²) >= 11 is 8.31. The van der Waals surface area contributed by atoms with Crippen LogP contribution in [-0.4, -0.2) is 5.16 Å². The minimum atomic E-state index is 0.605. The summed E-state index contributed by atoms with van der Waals surface area (Å²) in [6.07, 6.45) is 3.42. The smallest absolute Gasteiger partial charge is 0.0959 e. The van der Waals surface area contributed by atoms with Gasteiger partial charge >= 0.3 is 0 Å². The van der Waals surface area contributed by atoms with Gasteiger partial charge < -0.3 is 0 Å². The van der Waals surface area contributed by atoms with Crippen molar-refractivity contribution in [2.45, 2.75) is 27.2 Å². The predicted molar refractivity (Wildman–Crippen MR) is 89.0 cm³/mol. The van der Waals surface area contributed by atoms with Gasteiger partial charge in [-0.1, -0.05) is 30.7 Å². The number of hydrogen-bond acceptors (Lipinski definition) is 2. The highest BCUT2D eigenvalue weighted by atomic mass is 79.9. The maximum atomic E-state index is 4.76. The van der Waals surface area contributed by atoms with Crippen molar-refractivity contribution < 1.29 is 0 Å². The fraction of sp³-hybridized carbons (Fsp3) is 0.312. The van der Waals surface area contributed by atoms with E-state index in [1.807, 2.05) is 12.1 Å². The molecule has 0 radical (unpaired) electrons. The molecule has 0 amide bonds. The maximum absolute atomic E-state index is 4.76. The zero-order chi connectivity index (χ0) is 14.0. The van der Waals surface area contributed by atoms with Crippen molar-refractivity contribution in [2.75, 3.05) is 0 Å². The first-order chi connectivity index (χ1) is 9.04. The molecular formula is C16H16BrNS. The Morgan fingerprint density at radius 1 is 1.37 bits per heavy atom. The minimum absolute atomic E-state index is 0.605. The van der Waals surface area contributed by atoms with E-state index < -0.39 is 0 Å². The van der Waals surface area contributed by atoms with Crippen molar-refractivity contribution in [1.82, 2.24) is 0 Å². The molecule has 1 nitrogen and oxygen atoms in total. The summed E-state index contributed by atoms with van der Waals surface area (Å²) in [5, 5.41) is 2.48. The van der Waals surface area contributed by atoms with E-state index in [0.717, 1.165) is 22.1 Å². The molecule has 1 unspecified atom stereocenters. The monoisotopic (exact) mass is 333 g/mol. The second-order valence-electron chi connectivity index (χ2n) is 5.03. The summed E-state index contributed by atoms with van der Waals surface area (Å²) in [5.41, 5.74) is 6.02.